The van der Waals surface area contributed by atoms with E-state index >= 15 is 0 Å². The summed E-state index contributed by atoms with van der Waals surface area (Å²) in [5.41, 5.74) is 1.12. The third kappa shape index (κ3) is 4.20. The SMILES string of the molecule is CC(C)S(=O)(=O)N(C(=O)c1ccc(-n2cccc2)nc1)c1ccc(CC#N)cc1. The van der Waals surface area contributed by atoms with E-state index in [0.29, 0.717) is 5.82 Å². The molecular weight excluding hydrogens is 388 g/mol. The number of nitrogens with zero attached hydrogens (tertiary/aromatic N) is 4. The first kappa shape index (κ1) is 20.3. The van der Waals surface area contributed by atoms with E-state index in [-0.39, 0.29) is 17.7 Å². The Bertz CT molecular complexity index is 1130. The van der Waals surface area contributed by atoms with Gasteiger partial charge in [0.2, 0.25) is 10.0 Å². The van der Waals surface area contributed by atoms with Crippen molar-refractivity contribution < 1.29 is 13.2 Å². The summed E-state index contributed by atoms with van der Waals surface area (Å²) in [4.78, 5) is 17.4. The first-order chi connectivity index (χ1) is 13.8. The third-order valence-corrected chi connectivity index (χ3v) is 6.43. The molecule has 0 aliphatic rings. The second-order valence-corrected chi connectivity index (χ2v) is 9.00. The minimum Gasteiger partial charge on any atom is -0.309 e. The molecule has 148 valence electrons. The average Bonchev–Trinajstić information content (AvgIpc) is 3.24. The van der Waals surface area contributed by atoms with Crippen LogP contribution in [0.25, 0.3) is 5.82 Å². The predicted octanol–water partition coefficient (Wildman–Crippen LogP) is 3.32. The van der Waals surface area contributed by atoms with Gasteiger partial charge in [0.05, 0.1) is 29.0 Å². The van der Waals surface area contributed by atoms with Crippen molar-refractivity contribution in [3.8, 4) is 11.9 Å². The zero-order chi connectivity index (χ0) is 21.0. The molecule has 0 saturated carbocycles. The van der Waals surface area contributed by atoms with Gasteiger partial charge in [0, 0.05) is 18.6 Å². The van der Waals surface area contributed by atoms with Crippen molar-refractivity contribution in [1.82, 2.24) is 9.55 Å². The molecule has 0 fully saturated rings. The van der Waals surface area contributed by atoms with Gasteiger partial charge in [-0.2, -0.15) is 5.26 Å². The van der Waals surface area contributed by atoms with E-state index in [1.54, 1.807) is 28.8 Å². The van der Waals surface area contributed by atoms with Gasteiger partial charge in [0.25, 0.3) is 5.91 Å². The minimum atomic E-state index is -3.93. The van der Waals surface area contributed by atoms with Gasteiger partial charge in [-0.3, -0.25) is 4.79 Å². The van der Waals surface area contributed by atoms with Crippen LogP contribution in [-0.2, 0) is 16.4 Å². The topological polar surface area (TPSA) is 96.1 Å². The van der Waals surface area contributed by atoms with Crippen molar-refractivity contribution in [2.24, 2.45) is 0 Å². The van der Waals surface area contributed by atoms with Gasteiger partial charge >= 0.3 is 0 Å². The van der Waals surface area contributed by atoms with E-state index in [1.807, 2.05) is 30.6 Å². The van der Waals surface area contributed by atoms with Gasteiger partial charge in [-0.25, -0.2) is 17.7 Å². The van der Waals surface area contributed by atoms with Crippen molar-refractivity contribution in [2.45, 2.75) is 25.5 Å². The molecule has 1 amide bonds. The number of sulfonamides is 1. The molecule has 3 rings (SSSR count). The first-order valence-electron chi connectivity index (χ1n) is 8.98. The van der Waals surface area contributed by atoms with Crippen LogP contribution in [0.4, 0.5) is 5.69 Å². The summed E-state index contributed by atoms with van der Waals surface area (Å²) in [6, 6.07) is 15.3. The lowest BCUT2D eigenvalue weighted by Crippen LogP contribution is -2.41. The lowest BCUT2D eigenvalue weighted by atomic mass is 10.1. The second kappa shape index (κ2) is 8.29. The lowest BCUT2D eigenvalue weighted by Gasteiger charge is -2.25. The minimum absolute atomic E-state index is 0.159. The van der Waals surface area contributed by atoms with Crippen molar-refractivity contribution in [3.05, 3.63) is 78.2 Å². The number of nitriles is 1. The number of hydrogen-bond donors (Lipinski definition) is 0. The Hall–Kier alpha value is -3.44. The van der Waals surface area contributed by atoms with E-state index in [2.05, 4.69) is 4.98 Å². The van der Waals surface area contributed by atoms with Crippen LogP contribution >= 0.6 is 0 Å². The molecule has 1 aromatic carbocycles. The van der Waals surface area contributed by atoms with Crippen LogP contribution < -0.4 is 4.31 Å². The molecule has 0 spiro atoms. The number of hydrogen-bond acceptors (Lipinski definition) is 5. The molecule has 0 radical (unpaired) electrons. The fourth-order valence-electron chi connectivity index (χ4n) is 2.70. The molecule has 0 aliphatic carbocycles. The number of anilines is 1. The van der Waals surface area contributed by atoms with Crippen molar-refractivity contribution >= 4 is 21.6 Å². The molecule has 0 N–H and O–H groups in total. The van der Waals surface area contributed by atoms with Gasteiger partial charge in [0.1, 0.15) is 5.82 Å². The fourth-order valence-corrected chi connectivity index (χ4v) is 3.87. The molecule has 0 bridgehead atoms. The van der Waals surface area contributed by atoms with Gasteiger partial charge in [0.15, 0.2) is 0 Å². The Labute approximate surface area is 169 Å². The third-order valence-electron chi connectivity index (χ3n) is 4.35. The normalized spacial score (nSPS) is 11.2. The van der Waals surface area contributed by atoms with E-state index in [0.717, 1.165) is 9.87 Å². The van der Waals surface area contributed by atoms with Gasteiger partial charge in [-0.05, 0) is 55.8 Å². The Morgan fingerprint density at radius 1 is 1.14 bits per heavy atom. The Balaban J connectivity index is 2.00. The molecule has 0 aliphatic heterocycles. The second-order valence-electron chi connectivity index (χ2n) is 6.66. The molecule has 2 heterocycles. The Morgan fingerprint density at radius 2 is 1.79 bits per heavy atom. The Kier molecular flexibility index (Phi) is 5.80. The summed E-state index contributed by atoms with van der Waals surface area (Å²) in [5, 5.41) is 8.01. The van der Waals surface area contributed by atoms with Gasteiger partial charge < -0.3 is 4.57 Å². The van der Waals surface area contributed by atoms with E-state index in [1.165, 1.54) is 32.2 Å². The quantitative estimate of drug-likeness (QED) is 0.623. The number of benzene rings is 1. The molecule has 29 heavy (non-hydrogen) atoms. The van der Waals surface area contributed by atoms with Crippen molar-refractivity contribution in [2.75, 3.05) is 4.31 Å². The highest BCUT2D eigenvalue weighted by Crippen LogP contribution is 2.24. The Morgan fingerprint density at radius 3 is 2.31 bits per heavy atom. The number of carbonyl (C=O) groups is 1. The molecular formula is C21H20N4O3S. The summed E-state index contributed by atoms with van der Waals surface area (Å²) in [6.07, 6.45) is 5.21. The standard InChI is InChI=1S/C21H20N4O3S/c1-16(2)29(27,28)25(19-8-5-17(6-9-19)11-12-22)21(26)18-7-10-20(23-15-18)24-13-3-4-14-24/h3-10,13-16H,11H2,1-2H3. The van der Waals surface area contributed by atoms with Crippen LogP contribution in [0, 0.1) is 11.3 Å². The smallest absolute Gasteiger partial charge is 0.273 e. The number of aromatic nitrogens is 2. The van der Waals surface area contributed by atoms with Crippen LogP contribution in [0.3, 0.4) is 0 Å². The lowest BCUT2D eigenvalue weighted by molar-refractivity contribution is 0.100. The number of carbonyl (C=O) groups excluding carboxylic acids is 1. The molecule has 0 atom stereocenters. The highest BCUT2D eigenvalue weighted by molar-refractivity contribution is 7.94. The zero-order valence-electron chi connectivity index (χ0n) is 16.1. The predicted molar refractivity (Wildman–Crippen MR) is 110 cm³/mol. The van der Waals surface area contributed by atoms with E-state index in [4.69, 9.17) is 5.26 Å². The highest BCUT2D eigenvalue weighted by Gasteiger charge is 2.32. The molecule has 8 heteroatoms. The largest absolute Gasteiger partial charge is 0.309 e. The molecule has 2 aromatic heterocycles. The summed E-state index contributed by atoms with van der Waals surface area (Å²) >= 11 is 0. The maximum absolute atomic E-state index is 13.2. The van der Waals surface area contributed by atoms with E-state index in [9.17, 15) is 13.2 Å². The highest BCUT2D eigenvalue weighted by atomic mass is 32.2. The maximum Gasteiger partial charge on any atom is 0.273 e. The number of rotatable bonds is 6. The van der Waals surface area contributed by atoms with E-state index < -0.39 is 21.2 Å². The van der Waals surface area contributed by atoms with Crippen LogP contribution in [0.1, 0.15) is 29.8 Å². The van der Waals surface area contributed by atoms with Crippen LogP contribution in [-0.4, -0.2) is 29.1 Å². The summed E-state index contributed by atoms with van der Waals surface area (Å²) in [6.45, 7) is 3.04. The van der Waals surface area contributed by atoms with Gasteiger partial charge in [-0.15, -0.1) is 0 Å². The first-order valence-corrected chi connectivity index (χ1v) is 10.5. The summed E-state index contributed by atoms with van der Waals surface area (Å²) < 4.78 is 28.5. The monoisotopic (exact) mass is 408 g/mol. The molecule has 7 nitrogen and oxygen atoms in total. The summed E-state index contributed by atoms with van der Waals surface area (Å²) in [5.74, 6) is -0.0658. The average molecular weight is 408 g/mol. The zero-order valence-corrected chi connectivity index (χ0v) is 16.9. The summed E-state index contributed by atoms with van der Waals surface area (Å²) in [7, 11) is -3.93. The number of pyridine rings is 1. The van der Waals surface area contributed by atoms with Crippen molar-refractivity contribution in [1.29, 1.82) is 5.26 Å². The van der Waals surface area contributed by atoms with Crippen LogP contribution in [0.2, 0.25) is 0 Å². The van der Waals surface area contributed by atoms with Crippen LogP contribution in [0.5, 0.6) is 0 Å². The van der Waals surface area contributed by atoms with Gasteiger partial charge in [-0.1, -0.05) is 12.1 Å². The van der Waals surface area contributed by atoms with Crippen molar-refractivity contribution in [3.63, 3.8) is 0 Å². The molecule has 3 aromatic rings. The number of amides is 1. The molecule has 0 saturated heterocycles. The maximum atomic E-state index is 13.2. The molecule has 0 unspecified atom stereocenters. The van der Waals surface area contributed by atoms with Crippen LogP contribution in [0.15, 0.2) is 67.1 Å². The fraction of sp³-hybridized carbons (Fsp3) is 0.190.